The molecule has 22 heavy (non-hydrogen) atoms. The molecule has 1 aromatic carbocycles. The van der Waals surface area contributed by atoms with Gasteiger partial charge in [-0.15, -0.1) is 0 Å². The number of ether oxygens (including phenoxy) is 1. The average Bonchev–Trinajstić information content (AvgIpc) is 2.55. The second-order valence-electron chi connectivity index (χ2n) is 5.86. The maximum atomic E-state index is 12.1. The van der Waals surface area contributed by atoms with Crippen molar-refractivity contribution in [3.05, 3.63) is 35.9 Å². The van der Waals surface area contributed by atoms with Gasteiger partial charge in [0.15, 0.2) is 0 Å². The quantitative estimate of drug-likeness (QED) is 0.869. The van der Waals surface area contributed by atoms with Gasteiger partial charge < -0.3 is 15.4 Å². The van der Waals surface area contributed by atoms with Crippen molar-refractivity contribution < 1.29 is 14.3 Å². The van der Waals surface area contributed by atoms with E-state index in [1.54, 1.807) is 4.90 Å². The lowest BCUT2D eigenvalue weighted by molar-refractivity contribution is -0.142. The lowest BCUT2D eigenvalue weighted by Crippen LogP contribution is -2.49. The molecule has 0 spiro atoms. The molecule has 120 valence electrons. The summed E-state index contributed by atoms with van der Waals surface area (Å²) in [6, 6.07) is 9.77. The molecule has 0 saturated carbocycles. The van der Waals surface area contributed by atoms with E-state index in [9.17, 15) is 9.59 Å². The van der Waals surface area contributed by atoms with E-state index in [2.05, 4.69) is 0 Å². The fraction of sp³-hybridized carbons (Fsp3) is 0.529. The number of carbonyl (C=O) groups excluding carboxylic acids is 2. The number of hydrogen-bond donors (Lipinski definition) is 1. The fourth-order valence-corrected chi connectivity index (χ4v) is 2.88. The summed E-state index contributed by atoms with van der Waals surface area (Å²) >= 11 is 0. The number of hydrogen-bond acceptors (Lipinski definition) is 3. The van der Waals surface area contributed by atoms with Crippen LogP contribution < -0.4 is 5.73 Å². The highest BCUT2D eigenvalue weighted by Crippen LogP contribution is 2.34. The van der Waals surface area contributed by atoms with Gasteiger partial charge in [-0.3, -0.25) is 9.59 Å². The minimum atomic E-state index is -0.443. The summed E-state index contributed by atoms with van der Waals surface area (Å²) in [5.41, 5.74) is 6.12. The zero-order chi connectivity index (χ0) is 16.0. The zero-order valence-electron chi connectivity index (χ0n) is 13.1. The summed E-state index contributed by atoms with van der Waals surface area (Å²) in [5.74, 6) is -0.271. The molecule has 5 heteroatoms. The molecule has 1 saturated heterocycles. The summed E-state index contributed by atoms with van der Waals surface area (Å²) in [7, 11) is 0. The Balaban J connectivity index is 1.77. The molecular weight excluding hydrogens is 280 g/mol. The van der Waals surface area contributed by atoms with Crippen LogP contribution in [0.2, 0.25) is 0 Å². The van der Waals surface area contributed by atoms with Crippen molar-refractivity contribution in [3.63, 3.8) is 0 Å². The first-order valence-electron chi connectivity index (χ1n) is 7.77. The second-order valence-corrected chi connectivity index (χ2v) is 5.86. The van der Waals surface area contributed by atoms with Crippen molar-refractivity contribution in [2.45, 2.75) is 32.8 Å². The highest BCUT2D eigenvalue weighted by Gasteiger charge is 2.39. The van der Waals surface area contributed by atoms with E-state index in [1.807, 2.05) is 37.3 Å². The van der Waals surface area contributed by atoms with E-state index in [0.29, 0.717) is 32.5 Å². The summed E-state index contributed by atoms with van der Waals surface area (Å²) in [4.78, 5) is 25.5. The molecule has 1 aliphatic rings. The van der Waals surface area contributed by atoms with Crippen molar-refractivity contribution in [2.75, 3.05) is 19.7 Å². The third-order valence-corrected chi connectivity index (χ3v) is 4.61. The molecule has 1 fully saturated rings. The largest absolute Gasteiger partial charge is 0.369 e. The van der Waals surface area contributed by atoms with Crippen LogP contribution in [-0.2, 0) is 20.9 Å². The van der Waals surface area contributed by atoms with Crippen molar-refractivity contribution in [2.24, 2.45) is 11.1 Å². The molecule has 0 aliphatic carbocycles. The monoisotopic (exact) mass is 304 g/mol. The van der Waals surface area contributed by atoms with Gasteiger partial charge in [0, 0.05) is 13.1 Å². The predicted octanol–water partition coefficient (Wildman–Crippen LogP) is 1.71. The first-order valence-corrected chi connectivity index (χ1v) is 7.77. The van der Waals surface area contributed by atoms with Gasteiger partial charge in [-0.25, -0.2) is 0 Å². The van der Waals surface area contributed by atoms with Crippen LogP contribution in [0.25, 0.3) is 0 Å². The van der Waals surface area contributed by atoms with Crippen LogP contribution in [0.3, 0.4) is 0 Å². The highest BCUT2D eigenvalue weighted by molar-refractivity contribution is 5.82. The van der Waals surface area contributed by atoms with Crippen LogP contribution in [-0.4, -0.2) is 36.4 Å². The summed E-state index contributed by atoms with van der Waals surface area (Å²) in [6.07, 6.45) is 2.02. The lowest BCUT2D eigenvalue weighted by atomic mass is 9.75. The van der Waals surface area contributed by atoms with Gasteiger partial charge in [0.2, 0.25) is 11.8 Å². The fourth-order valence-electron chi connectivity index (χ4n) is 2.88. The summed E-state index contributed by atoms with van der Waals surface area (Å²) < 4.78 is 5.48. The molecule has 2 N–H and O–H groups in total. The minimum absolute atomic E-state index is 0.0231. The third kappa shape index (κ3) is 3.85. The van der Waals surface area contributed by atoms with Crippen molar-refractivity contribution in [1.29, 1.82) is 0 Å². The number of carbonyl (C=O) groups is 2. The number of amides is 2. The number of likely N-dealkylation sites (tertiary alicyclic amines) is 1. The number of nitrogens with two attached hydrogens (primary N) is 1. The summed E-state index contributed by atoms with van der Waals surface area (Å²) in [6.45, 7) is 3.63. The Bertz CT molecular complexity index is 508. The van der Waals surface area contributed by atoms with Crippen LogP contribution in [0.4, 0.5) is 0 Å². The molecule has 0 radical (unpaired) electrons. The maximum Gasteiger partial charge on any atom is 0.248 e. The molecule has 1 aliphatic heterocycles. The molecule has 0 atom stereocenters. The van der Waals surface area contributed by atoms with Crippen molar-refractivity contribution in [1.82, 2.24) is 4.90 Å². The Kier molecular flexibility index (Phi) is 5.55. The van der Waals surface area contributed by atoms with Crippen LogP contribution >= 0.6 is 0 Å². The normalized spacial score (nSPS) is 17.2. The third-order valence-electron chi connectivity index (χ3n) is 4.61. The number of rotatable bonds is 6. The van der Waals surface area contributed by atoms with Gasteiger partial charge >= 0.3 is 0 Å². The van der Waals surface area contributed by atoms with Crippen molar-refractivity contribution >= 4 is 11.8 Å². The Labute approximate surface area is 131 Å². The molecule has 2 amide bonds. The number of benzene rings is 1. The van der Waals surface area contributed by atoms with E-state index in [1.165, 1.54) is 0 Å². The van der Waals surface area contributed by atoms with Crippen molar-refractivity contribution in [3.8, 4) is 0 Å². The lowest BCUT2D eigenvalue weighted by Gasteiger charge is -2.39. The molecule has 2 rings (SSSR count). The van der Waals surface area contributed by atoms with Gasteiger partial charge in [-0.05, 0) is 24.8 Å². The van der Waals surface area contributed by atoms with E-state index in [4.69, 9.17) is 10.5 Å². The molecular formula is C17H24N2O3. The highest BCUT2D eigenvalue weighted by atomic mass is 16.5. The SMILES string of the molecule is CCC1(C(N)=O)CCN(C(=O)COCc2ccccc2)CC1. The molecule has 0 bridgehead atoms. The maximum absolute atomic E-state index is 12.1. The predicted molar refractivity (Wildman–Crippen MR) is 83.8 cm³/mol. The Hall–Kier alpha value is -1.88. The van der Waals surface area contributed by atoms with Crippen LogP contribution in [0, 0.1) is 5.41 Å². The van der Waals surface area contributed by atoms with Gasteiger partial charge in [0.1, 0.15) is 6.61 Å². The summed E-state index contributed by atoms with van der Waals surface area (Å²) in [5, 5.41) is 0. The topological polar surface area (TPSA) is 72.6 Å². The van der Waals surface area contributed by atoms with Crippen LogP contribution in [0.15, 0.2) is 30.3 Å². The van der Waals surface area contributed by atoms with Crippen LogP contribution in [0.1, 0.15) is 31.7 Å². The smallest absolute Gasteiger partial charge is 0.248 e. The Morgan fingerprint density at radius 2 is 1.86 bits per heavy atom. The zero-order valence-corrected chi connectivity index (χ0v) is 13.1. The number of primary amides is 1. The Morgan fingerprint density at radius 3 is 2.41 bits per heavy atom. The first kappa shape index (κ1) is 16.5. The van der Waals surface area contributed by atoms with Gasteiger partial charge in [0.05, 0.1) is 12.0 Å². The first-order chi connectivity index (χ1) is 10.6. The van der Waals surface area contributed by atoms with Gasteiger partial charge in [-0.2, -0.15) is 0 Å². The van der Waals surface area contributed by atoms with Crippen LogP contribution in [0.5, 0.6) is 0 Å². The molecule has 0 aromatic heterocycles. The number of nitrogens with zero attached hydrogens (tertiary/aromatic N) is 1. The average molecular weight is 304 g/mol. The molecule has 1 aromatic rings. The van der Waals surface area contributed by atoms with E-state index in [0.717, 1.165) is 12.0 Å². The molecule has 1 heterocycles. The number of piperidine rings is 1. The molecule has 0 unspecified atom stereocenters. The van der Waals surface area contributed by atoms with Gasteiger partial charge in [-0.1, -0.05) is 37.3 Å². The van der Waals surface area contributed by atoms with E-state index < -0.39 is 5.41 Å². The van der Waals surface area contributed by atoms with Gasteiger partial charge in [0.25, 0.3) is 0 Å². The standard InChI is InChI=1S/C17H24N2O3/c1-2-17(16(18)21)8-10-19(11-9-17)15(20)13-22-12-14-6-4-3-5-7-14/h3-7H,2,8-13H2,1H3,(H2,18,21). The minimum Gasteiger partial charge on any atom is -0.369 e. The second kappa shape index (κ2) is 7.40. The Morgan fingerprint density at radius 1 is 1.23 bits per heavy atom. The van der Waals surface area contributed by atoms with E-state index >= 15 is 0 Å². The molecule has 5 nitrogen and oxygen atoms in total. The van der Waals surface area contributed by atoms with E-state index in [-0.39, 0.29) is 18.4 Å².